The lowest BCUT2D eigenvalue weighted by molar-refractivity contribution is -0.152. The molecular weight excluding hydrogens is 395 g/mol. The third-order valence-corrected chi connectivity index (χ3v) is 4.16. The molecule has 1 unspecified atom stereocenters. The number of hydrogen-bond acceptors (Lipinski definition) is 6. The van der Waals surface area contributed by atoms with Gasteiger partial charge in [0, 0.05) is 11.3 Å². The Kier molecular flexibility index (Phi) is 7.74. The fourth-order valence-corrected chi connectivity index (χ4v) is 2.44. The molecule has 0 aromatic heterocycles. The second-order valence-corrected chi connectivity index (χ2v) is 6.34. The minimum Gasteiger partial charge on any atom is -0.493 e. The molecule has 0 heterocycles. The Morgan fingerprint density at radius 1 is 1.03 bits per heavy atom. The number of carbonyl (C=O) groups is 3. The lowest BCUT2D eigenvalue weighted by Crippen LogP contribution is -2.35. The highest BCUT2D eigenvalue weighted by atomic mass is 19.1. The molecular formula is C21H23FN2O6. The Bertz CT molecular complexity index is 947. The van der Waals surface area contributed by atoms with Crippen molar-refractivity contribution in [2.75, 3.05) is 26.1 Å². The van der Waals surface area contributed by atoms with Crippen LogP contribution < -0.4 is 20.1 Å². The van der Waals surface area contributed by atoms with Crippen molar-refractivity contribution in [3.8, 4) is 11.5 Å². The van der Waals surface area contributed by atoms with E-state index >= 15 is 0 Å². The summed E-state index contributed by atoms with van der Waals surface area (Å²) < 4.78 is 28.8. The van der Waals surface area contributed by atoms with E-state index in [0.29, 0.717) is 17.1 Å². The minimum absolute atomic E-state index is 0.243. The van der Waals surface area contributed by atoms with Crippen molar-refractivity contribution in [1.29, 1.82) is 0 Å². The van der Waals surface area contributed by atoms with Crippen molar-refractivity contribution in [2.45, 2.75) is 20.0 Å². The Labute approximate surface area is 173 Å². The first kappa shape index (κ1) is 22.7. The number of methoxy groups -OCH3 is 2. The number of hydrogen-bond donors (Lipinski definition) is 2. The molecule has 0 spiro atoms. The lowest BCUT2D eigenvalue weighted by Gasteiger charge is -2.14. The molecule has 2 N–H and O–H groups in total. The number of carbonyl (C=O) groups excluding carboxylic acids is 3. The van der Waals surface area contributed by atoms with Crippen molar-refractivity contribution in [1.82, 2.24) is 5.32 Å². The predicted octanol–water partition coefficient (Wildman–Crippen LogP) is 2.45. The molecule has 0 aliphatic heterocycles. The molecule has 0 bridgehead atoms. The largest absolute Gasteiger partial charge is 0.493 e. The number of ether oxygens (including phenoxy) is 3. The molecule has 30 heavy (non-hydrogen) atoms. The molecule has 2 aromatic rings. The van der Waals surface area contributed by atoms with Crippen molar-refractivity contribution < 1.29 is 33.0 Å². The van der Waals surface area contributed by atoms with Gasteiger partial charge >= 0.3 is 5.97 Å². The summed E-state index contributed by atoms with van der Waals surface area (Å²) in [5, 5.41) is 4.86. The van der Waals surface area contributed by atoms with E-state index in [9.17, 15) is 18.8 Å². The van der Waals surface area contributed by atoms with Crippen LogP contribution in [0.3, 0.4) is 0 Å². The summed E-state index contributed by atoms with van der Waals surface area (Å²) in [7, 11) is 2.91. The standard InChI is InChI=1S/C21H23FN2O6/c1-12-5-7-15(10-16(12)22)24-20(26)13(2)30-19(25)11-23-21(27)14-6-8-17(28-3)18(9-14)29-4/h5-10,13H,11H2,1-4H3,(H,23,27)(H,24,26). The monoisotopic (exact) mass is 418 g/mol. The van der Waals surface area contributed by atoms with Crippen LogP contribution >= 0.6 is 0 Å². The highest BCUT2D eigenvalue weighted by molar-refractivity contribution is 5.97. The molecule has 0 aliphatic rings. The van der Waals surface area contributed by atoms with Gasteiger partial charge in [0.2, 0.25) is 0 Å². The van der Waals surface area contributed by atoms with Crippen LogP contribution in [-0.2, 0) is 14.3 Å². The van der Waals surface area contributed by atoms with Crippen LogP contribution in [0.2, 0.25) is 0 Å². The number of amides is 2. The van der Waals surface area contributed by atoms with Gasteiger partial charge in [0.1, 0.15) is 12.4 Å². The van der Waals surface area contributed by atoms with Crippen LogP contribution in [0.25, 0.3) is 0 Å². The number of benzene rings is 2. The summed E-state index contributed by atoms with van der Waals surface area (Å²) in [4.78, 5) is 36.3. The first-order valence-electron chi connectivity index (χ1n) is 9.02. The van der Waals surface area contributed by atoms with Crippen LogP contribution in [0.15, 0.2) is 36.4 Å². The fourth-order valence-electron chi connectivity index (χ4n) is 2.44. The Hall–Kier alpha value is -3.62. The van der Waals surface area contributed by atoms with Gasteiger partial charge in [0.25, 0.3) is 11.8 Å². The van der Waals surface area contributed by atoms with Crippen LogP contribution in [0.5, 0.6) is 11.5 Å². The zero-order valence-corrected chi connectivity index (χ0v) is 17.1. The van der Waals surface area contributed by atoms with E-state index in [4.69, 9.17) is 14.2 Å². The third kappa shape index (κ3) is 5.94. The van der Waals surface area contributed by atoms with Gasteiger partial charge in [0.05, 0.1) is 14.2 Å². The maximum atomic E-state index is 13.6. The zero-order chi connectivity index (χ0) is 22.3. The average Bonchev–Trinajstić information content (AvgIpc) is 2.73. The third-order valence-electron chi connectivity index (χ3n) is 4.16. The van der Waals surface area contributed by atoms with Crippen LogP contribution in [0, 0.1) is 12.7 Å². The van der Waals surface area contributed by atoms with Crippen molar-refractivity contribution in [2.24, 2.45) is 0 Å². The second kappa shape index (κ2) is 10.2. The summed E-state index contributed by atoms with van der Waals surface area (Å²) in [6, 6.07) is 8.77. The molecule has 1 atom stereocenters. The molecule has 2 aromatic carbocycles. The summed E-state index contributed by atoms with van der Waals surface area (Å²) in [5.41, 5.74) is 0.943. The maximum Gasteiger partial charge on any atom is 0.326 e. The molecule has 2 amide bonds. The first-order valence-corrected chi connectivity index (χ1v) is 9.02. The summed E-state index contributed by atoms with van der Waals surface area (Å²) in [5.74, 6) is -1.60. The summed E-state index contributed by atoms with van der Waals surface area (Å²) >= 11 is 0. The van der Waals surface area contributed by atoms with Gasteiger partial charge in [-0.25, -0.2) is 4.39 Å². The van der Waals surface area contributed by atoms with Gasteiger partial charge in [-0.15, -0.1) is 0 Å². The van der Waals surface area contributed by atoms with Gasteiger partial charge in [-0.05, 0) is 49.7 Å². The summed E-state index contributed by atoms with van der Waals surface area (Å²) in [6.07, 6.45) is -1.14. The van der Waals surface area contributed by atoms with E-state index in [1.165, 1.54) is 51.5 Å². The first-order chi connectivity index (χ1) is 14.2. The number of halogens is 1. The van der Waals surface area contributed by atoms with E-state index in [1.54, 1.807) is 13.0 Å². The molecule has 2 rings (SSSR count). The molecule has 0 radical (unpaired) electrons. The molecule has 8 nitrogen and oxygen atoms in total. The van der Waals surface area contributed by atoms with E-state index in [0.717, 1.165) is 0 Å². The minimum atomic E-state index is -1.14. The number of nitrogens with one attached hydrogen (secondary N) is 2. The maximum absolute atomic E-state index is 13.6. The van der Waals surface area contributed by atoms with Crippen molar-refractivity contribution in [3.63, 3.8) is 0 Å². The van der Waals surface area contributed by atoms with E-state index in [2.05, 4.69) is 10.6 Å². The van der Waals surface area contributed by atoms with E-state index in [-0.39, 0.29) is 11.3 Å². The fraction of sp³-hybridized carbons (Fsp3) is 0.286. The van der Waals surface area contributed by atoms with Crippen LogP contribution in [-0.4, -0.2) is 44.7 Å². The lowest BCUT2D eigenvalue weighted by atomic mass is 10.2. The van der Waals surface area contributed by atoms with Crippen molar-refractivity contribution >= 4 is 23.5 Å². The quantitative estimate of drug-likeness (QED) is 0.639. The van der Waals surface area contributed by atoms with Gasteiger partial charge in [-0.1, -0.05) is 6.07 Å². The van der Waals surface area contributed by atoms with Crippen LogP contribution in [0.1, 0.15) is 22.8 Å². The molecule has 0 saturated heterocycles. The predicted molar refractivity (Wildman–Crippen MR) is 107 cm³/mol. The van der Waals surface area contributed by atoms with Gasteiger partial charge in [-0.2, -0.15) is 0 Å². The molecule has 9 heteroatoms. The Balaban J connectivity index is 1.86. The summed E-state index contributed by atoms with van der Waals surface area (Å²) in [6.45, 7) is 2.53. The Morgan fingerprint density at radius 3 is 2.37 bits per heavy atom. The van der Waals surface area contributed by atoms with Crippen LogP contribution in [0.4, 0.5) is 10.1 Å². The van der Waals surface area contributed by atoms with Crippen molar-refractivity contribution in [3.05, 3.63) is 53.3 Å². The average molecular weight is 418 g/mol. The SMILES string of the molecule is COc1ccc(C(=O)NCC(=O)OC(C)C(=O)Nc2ccc(C)c(F)c2)cc1OC. The topological polar surface area (TPSA) is 103 Å². The Morgan fingerprint density at radius 2 is 1.73 bits per heavy atom. The normalized spacial score (nSPS) is 11.2. The number of rotatable bonds is 8. The molecule has 0 saturated carbocycles. The highest BCUT2D eigenvalue weighted by Gasteiger charge is 2.19. The van der Waals surface area contributed by atoms with Gasteiger partial charge < -0.3 is 24.8 Å². The van der Waals surface area contributed by atoms with E-state index < -0.39 is 36.2 Å². The molecule has 160 valence electrons. The smallest absolute Gasteiger partial charge is 0.326 e. The van der Waals surface area contributed by atoms with Gasteiger partial charge in [0.15, 0.2) is 17.6 Å². The molecule has 0 fully saturated rings. The number of anilines is 1. The number of esters is 1. The highest BCUT2D eigenvalue weighted by Crippen LogP contribution is 2.27. The van der Waals surface area contributed by atoms with E-state index in [1.807, 2.05) is 0 Å². The second-order valence-electron chi connectivity index (χ2n) is 6.34. The number of aryl methyl sites for hydroxylation is 1. The molecule has 0 aliphatic carbocycles. The zero-order valence-electron chi connectivity index (χ0n) is 17.1. The van der Waals surface area contributed by atoms with Gasteiger partial charge in [-0.3, -0.25) is 14.4 Å².